The fraction of sp³-hybridized carbons (Fsp3) is 0.0625. The highest BCUT2D eigenvalue weighted by Gasteiger charge is 2.26. The van der Waals surface area contributed by atoms with E-state index in [0.29, 0.717) is 16.1 Å². The van der Waals surface area contributed by atoms with Crippen LogP contribution in [0.3, 0.4) is 0 Å². The summed E-state index contributed by atoms with van der Waals surface area (Å²) in [6.45, 7) is 0. The number of sulfone groups is 1. The van der Waals surface area contributed by atoms with Crippen LogP contribution in [0.15, 0.2) is 64.6 Å². The van der Waals surface area contributed by atoms with Crippen molar-refractivity contribution in [2.45, 2.75) is 9.79 Å². The second kappa shape index (κ2) is 6.51. The molecule has 1 heterocycles. The molecule has 0 radical (unpaired) electrons. The normalized spacial score (nSPS) is 12.3. The minimum Gasteiger partial charge on any atom is -0.238 e. The number of primary sulfonamides is 1. The van der Waals surface area contributed by atoms with E-state index in [1.807, 2.05) is 0 Å². The summed E-state index contributed by atoms with van der Waals surface area (Å²) in [6.07, 6.45) is 3.85. The zero-order valence-corrected chi connectivity index (χ0v) is 15.9. The molecule has 7 nitrogen and oxygen atoms in total. The van der Waals surface area contributed by atoms with Crippen LogP contribution in [0.2, 0.25) is 5.02 Å². The second-order valence-electron chi connectivity index (χ2n) is 5.60. The summed E-state index contributed by atoms with van der Waals surface area (Å²) in [5.74, 6) is 0. The molecule has 0 spiro atoms. The van der Waals surface area contributed by atoms with Gasteiger partial charge in [-0.2, -0.15) is 5.10 Å². The third-order valence-corrected chi connectivity index (χ3v) is 5.94. The molecule has 0 fully saturated rings. The van der Waals surface area contributed by atoms with Gasteiger partial charge in [-0.05, 0) is 41.5 Å². The predicted molar refractivity (Wildman–Crippen MR) is 98.5 cm³/mol. The van der Waals surface area contributed by atoms with Crippen LogP contribution in [-0.2, 0) is 19.9 Å². The highest BCUT2D eigenvalue weighted by Crippen LogP contribution is 2.33. The summed E-state index contributed by atoms with van der Waals surface area (Å²) in [5, 5.41) is 9.82. The molecule has 2 N–H and O–H groups in total. The topological polar surface area (TPSA) is 112 Å². The smallest absolute Gasteiger partial charge is 0.238 e. The summed E-state index contributed by atoms with van der Waals surface area (Å²) in [7, 11) is -8.02. The molecule has 0 aliphatic rings. The van der Waals surface area contributed by atoms with Gasteiger partial charge in [-0.15, -0.1) is 0 Å². The number of nitrogens with two attached hydrogens (primary N) is 1. The molecule has 0 unspecified atom stereocenters. The summed E-state index contributed by atoms with van der Waals surface area (Å²) in [4.78, 5) is -0.535. The molecule has 0 amide bonds. The van der Waals surface area contributed by atoms with Crippen molar-refractivity contribution in [3.8, 4) is 16.8 Å². The fourth-order valence-corrected chi connectivity index (χ4v) is 4.37. The van der Waals surface area contributed by atoms with Crippen molar-refractivity contribution in [3.63, 3.8) is 0 Å². The van der Waals surface area contributed by atoms with Gasteiger partial charge in [-0.25, -0.2) is 26.7 Å². The molecule has 10 heteroatoms. The molecular formula is C16H14ClN3O4S2. The van der Waals surface area contributed by atoms with E-state index >= 15 is 0 Å². The minimum absolute atomic E-state index is 0.113. The van der Waals surface area contributed by atoms with Crippen LogP contribution in [-0.4, -0.2) is 32.9 Å². The largest absolute Gasteiger partial charge is 0.240 e. The number of aromatic nitrogens is 2. The van der Waals surface area contributed by atoms with Crippen LogP contribution >= 0.6 is 11.6 Å². The van der Waals surface area contributed by atoms with Crippen LogP contribution < -0.4 is 5.14 Å². The fourth-order valence-electron chi connectivity index (χ4n) is 2.52. The average molecular weight is 412 g/mol. The van der Waals surface area contributed by atoms with Gasteiger partial charge in [0.05, 0.1) is 4.90 Å². The number of nitrogens with zero attached hydrogens (tertiary/aromatic N) is 2. The van der Waals surface area contributed by atoms with Crippen LogP contribution in [0.4, 0.5) is 0 Å². The van der Waals surface area contributed by atoms with Crippen LogP contribution in [0.1, 0.15) is 0 Å². The zero-order chi connectivity index (χ0) is 19.1. The molecule has 0 aliphatic carbocycles. The molecular weight excluding hydrogens is 398 g/mol. The Balaban J connectivity index is 2.44. The Morgan fingerprint density at radius 3 is 2.12 bits per heavy atom. The summed E-state index contributed by atoms with van der Waals surface area (Å²) < 4.78 is 50.3. The van der Waals surface area contributed by atoms with E-state index in [1.165, 1.54) is 29.2 Å². The van der Waals surface area contributed by atoms with Crippen molar-refractivity contribution in [1.29, 1.82) is 0 Å². The maximum atomic E-state index is 12.4. The lowest BCUT2D eigenvalue weighted by molar-refractivity contribution is 0.595. The molecule has 0 saturated heterocycles. The number of hydrogen-bond acceptors (Lipinski definition) is 5. The highest BCUT2D eigenvalue weighted by atomic mass is 35.5. The molecule has 0 aliphatic heterocycles. The Bertz CT molecular complexity index is 1120. The maximum absolute atomic E-state index is 12.4. The summed E-state index contributed by atoms with van der Waals surface area (Å²) >= 11 is 5.88. The zero-order valence-electron chi connectivity index (χ0n) is 13.5. The van der Waals surface area contributed by atoms with Gasteiger partial charge >= 0.3 is 0 Å². The van der Waals surface area contributed by atoms with E-state index in [9.17, 15) is 16.8 Å². The standard InChI is InChI=1S/C16H14ClN3O4S2/c1-25(21,22)14-9-12(11-3-5-13(17)6-4-11)10-15(26(18,23)24)16(14)20-8-2-7-19-20/h2-10H,1H3,(H2,18,23,24). The van der Waals surface area contributed by atoms with Gasteiger partial charge in [-0.3, -0.25) is 0 Å². The lowest BCUT2D eigenvalue weighted by Crippen LogP contribution is -2.18. The van der Waals surface area contributed by atoms with Crippen molar-refractivity contribution < 1.29 is 16.8 Å². The van der Waals surface area contributed by atoms with E-state index in [2.05, 4.69) is 5.10 Å². The average Bonchev–Trinajstić information content (AvgIpc) is 3.07. The SMILES string of the molecule is CS(=O)(=O)c1cc(-c2ccc(Cl)cc2)cc(S(N)(=O)=O)c1-n1cccn1. The lowest BCUT2D eigenvalue weighted by Gasteiger charge is -2.15. The molecule has 26 heavy (non-hydrogen) atoms. The van der Waals surface area contributed by atoms with Crippen molar-refractivity contribution in [3.05, 3.63) is 59.9 Å². The second-order valence-corrected chi connectivity index (χ2v) is 9.55. The first-order chi connectivity index (χ1) is 12.1. The third kappa shape index (κ3) is 3.65. The third-order valence-electron chi connectivity index (χ3n) is 3.66. The van der Waals surface area contributed by atoms with Crippen molar-refractivity contribution in [1.82, 2.24) is 9.78 Å². The Morgan fingerprint density at radius 1 is 1.00 bits per heavy atom. The van der Waals surface area contributed by atoms with Gasteiger partial charge in [0.2, 0.25) is 10.0 Å². The van der Waals surface area contributed by atoms with Gasteiger partial charge in [0.15, 0.2) is 9.84 Å². The first-order valence-corrected chi connectivity index (χ1v) is 11.1. The van der Waals surface area contributed by atoms with E-state index in [1.54, 1.807) is 30.3 Å². The first kappa shape index (κ1) is 18.6. The Hall–Kier alpha value is -2.20. The Morgan fingerprint density at radius 2 is 1.62 bits per heavy atom. The number of benzene rings is 2. The molecule has 1 aromatic heterocycles. The first-order valence-electron chi connectivity index (χ1n) is 7.24. The predicted octanol–water partition coefficient (Wildman–Crippen LogP) is 2.24. The van der Waals surface area contributed by atoms with Gasteiger partial charge in [0, 0.05) is 23.7 Å². The number of hydrogen-bond donors (Lipinski definition) is 1. The van der Waals surface area contributed by atoms with Crippen molar-refractivity contribution in [2.24, 2.45) is 5.14 Å². The van der Waals surface area contributed by atoms with Gasteiger partial charge in [0.1, 0.15) is 10.6 Å². The van der Waals surface area contributed by atoms with Crippen LogP contribution in [0, 0.1) is 0 Å². The van der Waals surface area contributed by atoms with Gasteiger partial charge in [-0.1, -0.05) is 23.7 Å². The van der Waals surface area contributed by atoms with Crippen molar-refractivity contribution >= 4 is 31.5 Å². The monoisotopic (exact) mass is 411 g/mol. The highest BCUT2D eigenvalue weighted by molar-refractivity contribution is 7.91. The lowest BCUT2D eigenvalue weighted by atomic mass is 10.1. The van der Waals surface area contributed by atoms with Gasteiger partial charge in [0.25, 0.3) is 0 Å². The molecule has 2 aromatic carbocycles. The molecule has 136 valence electrons. The Labute approximate surface area is 156 Å². The maximum Gasteiger partial charge on any atom is 0.240 e. The molecule has 0 atom stereocenters. The van der Waals surface area contributed by atoms with Crippen LogP contribution in [0.25, 0.3) is 16.8 Å². The van der Waals surface area contributed by atoms with E-state index in [4.69, 9.17) is 16.7 Å². The molecule has 0 saturated carbocycles. The van der Waals surface area contributed by atoms with E-state index in [-0.39, 0.29) is 15.5 Å². The van der Waals surface area contributed by atoms with Crippen LogP contribution in [0.5, 0.6) is 0 Å². The minimum atomic E-state index is -4.23. The van der Waals surface area contributed by atoms with Gasteiger partial charge < -0.3 is 0 Å². The molecule has 3 aromatic rings. The quantitative estimate of drug-likeness (QED) is 0.707. The van der Waals surface area contributed by atoms with E-state index < -0.39 is 19.9 Å². The molecule has 3 rings (SSSR count). The summed E-state index contributed by atoms with van der Waals surface area (Å²) in [5.41, 5.74) is 0.857. The number of rotatable bonds is 4. The summed E-state index contributed by atoms with van der Waals surface area (Å²) in [6, 6.07) is 10.8. The molecule has 0 bridgehead atoms. The van der Waals surface area contributed by atoms with Crippen molar-refractivity contribution in [2.75, 3.05) is 6.26 Å². The number of halogens is 1. The Kier molecular flexibility index (Phi) is 4.65. The van der Waals surface area contributed by atoms with E-state index in [0.717, 1.165) is 6.26 Å². The number of sulfonamides is 1.